The van der Waals surface area contributed by atoms with Crippen LogP contribution in [0.15, 0.2) is 23.3 Å². The maximum absolute atomic E-state index is 6.08. The molecule has 22 heavy (non-hydrogen) atoms. The molecule has 0 amide bonds. The van der Waals surface area contributed by atoms with E-state index in [1.54, 1.807) is 0 Å². The molecule has 1 fully saturated rings. The molecule has 2 rings (SSSR count). The van der Waals surface area contributed by atoms with Gasteiger partial charge in [-0.3, -0.25) is 4.99 Å². The van der Waals surface area contributed by atoms with Crippen LogP contribution in [0, 0.1) is 0 Å². The first-order valence-electron chi connectivity index (χ1n) is 8.12. The average molecular weight is 306 g/mol. The van der Waals surface area contributed by atoms with E-state index in [0.29, 0.717) is 6.10 Å². The number of nitrogens with one attached hydrogen (secondary N) is 1. The number of guanidine groups is 1. The van der Waals surface area contributed by atoms with Gasteiger partial charge < -0.3 is 19.5 Å². The third-order valence-electron chi connectivity index (χ3n) is 3.95. The van der Waals surface area contributed by atoms with Gasteiger partial charge in [-0.15, -0.1) is 0 Å². The Balaban J connectivity index is 1.82. The molecule has 5 heteroatoms. The molecule has 124 valence electrons. The first-order chi connectivity index (χ1) is 10.4. The van der Waals surface area contributed by atoms with Crippen LogP contribution in [0.1, 0.15) is 39.3 Å². The molecule has 1 aromatic heterocycles. The number of aryl methyl sites for hydroxylation is 1. The lowest BCUT2D eigenvalue weighted by atomic mass is 10.1. The van der Waals surface area contributed by atoms with Gasteiger partial charge in [0.1, 0.15) is 0 Å². The Kier molecular flexibility index (Phi) is 5.51. The number of hydrogen-bond donors (Lipinski definition) is 1. The van der Waals surface area contributed by atoms with Crippen molar-refractivity contribution >= 4 is 5.96 Å². The lowest BCUT2D eigenvalue weighted by Gasteiger charge is -2.36. The zero-order valence-corrected chi connectivity index (χ0v) is 14.6. The van der Waals surface area contributed by atoms with Crippen molar-refractivity contribution in [3.8, 4) is 0 Å². The first-order valence-corrected chi connectivity index (χ1v) is 8.12. The highest BCUT2D eigenvalue weighted by Gasteiger charge is 2.25. The second-order valence-electron chi connectivity index (χ2n) is 6.93. The maximum Gasteiger partial charge on any atom is 0.193 e. The van der Waals surface area contributed by atoms with E-state index in [0.717, 1.165) is 38.4 Å². The Morgan fingerprint density at radius 2 is 2.05 bits per heavy atom. The van der Waals surface area contributed by atoms with Gasteiger partial charge in [0.15, 0.2) is 5.96 Å². The predicted molar refractivity (Wildman–Crippen MR) is 91.0 cm³/mol. The van der Waals surface area contributed by atoms with Crippen LogP contribution in [-0.2, 0) is 18.3 Å². The van der Waals surface area contributed by atoms with Crippen LogP contribution in [0.3, 0.4) is 0 Å². The van der Waals surface area contributed by atoms with Gasteiger partial charge in [0.05, 0.1) is 18.2 Å². The van der Waals surface area contributed by atoms with Crippen molar-refractivity contribution in [3.05, 3.63) is 24.0 Å². The van der Waals surface area contributed by atoms with Gasteiger partial charge in [0.25, 0.3) is 0 Å². The Hall–Kier alpha value is -1.49. The minimum atomic E-state index is -0.0563. The Labute approximate surface area is 134 Å². The highest BCUT2D eigenvalue weighted by molar-refractivity contribution is 5.79. The molecule has 1 aliphatic heterocycles. The second-order valence-corrected chi connectivity index (χ2v) is 6.93. The number of piperidine rings is 1. The van der Waals surface area contributed by atoms with Crippen LogP contribution in [-0.4, -0.2) is 47.3 Å². The topological polar surface area (TPSA) is 41.8 Å². The molecule has 0 bridgehead atoms. The largest absolute Gasteiger partial charge is 0.372 e. The van der Waals surface area contributed by atoms with E-state index in [1.807, 2.05) is 7.05 Å². The normalized spacial score (nSPS) is 17.9. The summed E-state index contributed by atoms with van der Waals surface area (Å²) in [5, 5.41) is 3.46. The number of likely N-dealkylation sites (tertiary alicyclic amines) is 1. The Morgan fingerprint density at radius 1 is 1.36 bits per heavy atom. The molecule has 0 saturated carbocycles. The monoisotopic (exact) mass is 306 g/mol. The van der Waals surface area contributed by atoms with Crippen molar-refractivity contribution in [2.75, 3.05) is 20.1 Å². The summed E-state index contributed by atoms with van der Waals surface area (Å²) >= 11 is 0. The number of ether oxygens (including phenoxy) is 1. The standard InChI is InChI=1S/C17H30N4O/c1-17(2,3)22-15-8-11-21(12-9-15)16(18-4)19-13-14-7-6-10-20(14)5/h6-7,10,15H,8-9,11-13H2,1-5H3,(H,18,19). The number of nitrogens with zero attached hydrogens (tertiary/aromatic N) is 3. The Bertz CT molecular complexity index is 493. The van der Waals surface area contributed by atoms with Crippen molar-refractivity contribution in [2.45, 2.75) is 51.9 Å². The molecule has 1 aliphatic rings. The smallest absolute Gasteiger partial charge is 0.193 e. The fraction of sp³-hybridized carbons (Fsp3) is 0.706. The zero-order valence-electron chi connectivity index (χ0n) is 14.6. The number of aromatic nitrogens is 1. The Morgan fingerprint density at radius 3 is 2.55 bits per heavy atom. The van der Waals surface area contributed by atoms with Gasteiger partial charge >= 0.3 is 0 Å². The van der Waals surface area contributed by atoms with Gasteiger partial charge in [0.2, 0.25) is 0 Å². The molecule has 1 saturated heterocycles. The van der Waals surface area contributed by atoms with Crippen molar-refractivity contribution in [1.82, 2.24) is 14.8 Å². The zero-order chi connectivity index (χ0) is 16.2. The summed E-state index contributed by atoms with van der Waals surface area (Å²) in [6.45, 7) is 9.16. The number of hydrogen-bond acceptors (Lipinski definition) is 2. The fourth-order valence-electron chi connectivity index (χ4n) is 2.87. The van der Waals surface area contributed by atoms with Gasteiger partial charge in [-0.2, -0.15) is 0 Å². The third-order valence-corrected chi connectivity index (χ3v) is 3.95. The van der Waals surface area contributed by atoms with E-state index in [2.05, 4.69) is 65.9 Å². The maximum atomic E-state index is 6.08. The quantitative estimate of drug-likeness (QED) is 0.688. The van der Waals surface area contributed by atoms with E-state index in [4.69, 9.17) is 4.74 Å². The second kappa shape index (κ2) is 7.18. The van der Waals surface area contributed by atoms with E-state index < -0.39 is 0 Å². The van der Waals surface area contributed by atoms with Gasteiger partial charge in [-0.05, 0) is 45.7 Å². The lowest BCUT2D eigenvalue weighted by Crippen LogP contribution is -2.47. The summed E-state index contributed by atoms with van der Waals surface area (Å²) in [5.74, 6) is 0.982. The first kappa shape index (κ1) is 16.9. The molecular weight excluding hydrogens is 276 g/mol. The molecule has 0 radical (unpaired) electrons. The highest BCUT2D eigenvalue weighted by atomic mass is 16.5. The molecule has 0 aliphatic carbocycles. The summed E-state index contributed by atoms with van der Waals surface area (Å²) in [4.78, 5) is 6.75. The number of rotatable bonds is 3. The summed E-state index contributed by atoms with van der Waals surface area (Å²) in [6.07, 6.45) is 4.54. The van der Waals surface area contributed by atoms with Crippen LogP contribution in [0.2, 0.25) is 0 Å². The molecule has 0 aromatic carbocycles. The van der Waals surface area contributed by atoms with Crippen molar-refractivity contribution in [2.24, 2.45) is 12.0 Å². The summed E-state index contributed by atoms with van der Waals surface area (Å²) < 4.78 is 8.21. The molecule has 0 unspecified atom stereocenters. The number of aliphatic imine (C=N–C) groups is 1. The molecule has 5 nitrogen and oxygen atoms in total. The minimum Gasteiger partial charge on any atom is -0.372 e. The summed E-state index contributed by atoms with van der Waals surface area (Å²) in [7, 11) is 3.92. The van der Waals surface area contributed by atoms with Crippen molar-refractivity contribution in [3.63, 3.8) is 0 Å². The van der Waals surface area contributed by atoms with Crippen molar-refractivity contribution < 1.29 is 4.74 Å². The lowest BCUT2D eigenvalue weighted by molar-refractivity contribution is -0.0772. The van der Waals surface area contributed by atoms with Gasteiger partial charge in [0, 0.05) is 39.1 Å². The summed E-state index contributed by atoms with van der Waals surface area (Å²) in [6, 6.07) is 4.19. The van der Waals surface area contributed by atoms with E-state index in [9.17, 15) is 0 Å². The van der Waals surface area contributed by atoms with Crippen molar-refractivity contribution in [1.29, 1.82) is 0 Å². The van der Waals surface area contributed by atoms with Crippen LogP contribution >= 0.6 is 0 Å². The SMILES string of the molecule is CN=C(NCc1cccn1C)N1CCC(OC(C)(C)C)CC1. The molecule has 1 N–H and O–H groups in total. The van der Waals surface area contributed by atoms with Crippen LogP contribution < -0.4 is 5.32 Å². The molecule has 1 aromatic rings. The summed E-state index contributed by atoms with van der Waals surface area (Å²) in [5.41, 5.74) is 1.20. The predicted octanol–water partition coefficient (Wildman–Crippen LogP) is 2.38. The third kappa shape index (κ3) is 4.77. The molecule has 0 atom stereocenters. The highest BCUT2D eigenvalue weighted by Crippen LogP contribution is 2.20. The van der Waals surface area contributed by atoms with Gasteiger partial charge in [-0.1, -0.05) is 0 Å². The molecular formula is C17H30N4O. The minimum absolute atomic E-state index is 0.0563. The van der Waals surface area contributed by atoms with Crippen LogP contribution in [0.25, 0.3) is 0 Å². The van der Waals surface area contributed by atoms with Gasteiger partial charge in [-0.25, -0.2) is 0 Å². The molecule has 0 spiro atoms. The van der Waals surface area contributed by atoms with E-state index >= 15 is 0 Å². The molecule has 2 heterocycles. The van der Waals surface area contributed by atoms with E-state index in [1.165, 1.54) is 5.69 Å². The van der Waals surface area contributed by atoms with Crippen LogP contribution in [0.4, 0.5) is 0 Å². The average Bonchev–Trinajstić information content (AvgIpc) is 2.85. The van der Waals surface area contributed by atoms with E-state index in [-0.39, 0.29) is 5.60 Å². The fourth-order valence-corrected chi connectivity index (χ4v) is 2.87. The van der Waals surface area contributed by atoms with Crippen LogP contribution in [0.5, 0.6) is 0 Å².